The molecule has 3 nitrogen and oxygen atoms in total. The number of carbonyl (C=O) groups excluding carboxylic acids is 1. The predicted octanol–water partition coefficient (Wildman–Crippen LogP) is 2.85. The van der Waals surface area contributed by atoms with Crippen molar-refractivity contribution in [3.05, 3.63) is 0 Å². The van der Waals surface area contributed by atoms with Crippen molar-refractivity contribution >= 4 is 5.91 Å². The summed E-state index contributed by atoms with van der Waals surface area (Å²) in [5, 5.41) is 6.50. The van der Waals surface area contributed by atoms with E-state index in [9.17, 15) is 4.79 Å². The topological polar surface area (TPSA) is 41.1 Å². The van der Waals surface area contributed by atoms with Crippen molar-refractivity contribution in [2.45, 2.75) is 77.3 Å². The van der Waals surface area contributed by atoms with Gasteiger partial charge in [-0.25, -0.2) is 0 Å². The Kier molecular flexibility index (Phi) is 7.33. The second-order valence-electron chi connectivity index (χ2n) is 6.04. The van der Waals surface area contributed by atoms with E-state index in [1.54, 1.807) is 0 Å². The molecule has 0 radical (unpaired) electrons. The van der Waals surface area contributed by atoms with Gasteiger partial charge in [-0.1, -0.05) is 26.7 Å². The zero-order chi connectivity index (χ0) is 13.4. The zero-order valence-electron chi connectivity index (χ0n) is 12.3. The van der Waals surface area contributed by atoms with E-state index in [4.69, 9.17) is 0 Å². The van der Waals surface area contributed by atoms with Gasteiger partial charge in [0.1, 0.15) is 0 Å². The van der Waals surface area contributed by atoms with Gasteiger partial charge in [0.05, 0.1) is 0 Å². The molecular weight excluding hydrogens is 224 g/mol. The Hall–Kier alpha value is -0.570. The van der Waals surface area contributed by atoms with Gasteiger partial charge >= 0.3 is 0 Å². The first-order chi connectivity index (χ1) is 8.61. The molecule has 0 aromatic heterocycles. The van der Waals surface area contributed by atoms with Gasteiger partial charge in [-0.2, -0.15) is 0 Å². The fraction of sp³-hybridized carbons (Fsp3) is 0.933. The predicted molar refractivity (Wildman–Crippen MR) is 76.6 cm³/mol. The van der Waals surface area contributed by atoms with Gasteiger partial charge in [0.2, 0.25) is 5.91 Å². The molecular formula is C15H30N2O. The Balaban J connectivity index is 2.06. The second-order valence-corrected chi connectivity index (χ2v) is 6.04. The van der Waals surface area contributed by atoms with Crippen LogP contribution in [0.3, 0.4) is 0 Å². The maximum atomic E-state index is 11.8. The minimum atomic E-state index is 0.256. The molecule has 3 heteroatoms. The molecule has 1 saturated carbocycles. The Morgan fingerprint density at radius 2 is 1.72 bits per heavy atom. The highest BCUT2D eigenvalue weighted by Gasteiger charge is 2.20. The lowest BCUT2D eigenvalue weighted by Gasteiger charge is -2.28. The summed E-state index contributed by atoms with van der Waals surface area (Å²) in [4.78, 5) is 11.8. The second kappa shape index (κ2) is 8.52. The molecule has 0 atom stereocenters. The molecule has 0 saturated heterocycles. The number of nitrogens with one attached hydrogen (secondary N) is 2. The van der Waals surface area contributed by atoms with Crippen LogP contribution in [0.2, 0.25) is 0 Å². The monoisotopic (exact) mass is 254 g/mol. The van der Waals surface area contributed by atoms with Gasteiger partial charge in [-0.15, -0.1) is 0 Å². The van der Waals surface area contributed by atoms with Crippen LogP contribution in [0.15, 0.2) is 0 Å². The molecule has 1 aliphatic carbocycles. The molecule has 1 rings (SSSR count). The van der Waals surface area contributed by atoms with Crippen LogP contribution < -0.4 is 10.6 Å². The van der Waals surface area contributed by atoms with Crippen molar-refractivity contribution in [1.29, 1.82) is 0 Å². The van der Waals surface area contributed by atoms with E-state index in [2.05, 4.69) is 24.5 Å². The van der Waals surface area contributed by atoms with Crippen LogP contribution in [0.1, 0.15) is 65.2 Å². The minimum Gasteiger partial charge on any atom is -0.353 e. The molecule has 18 heavy (non-hydrogen) atoms. The zero-order valence-corrected chi connectivity index (χ0v) is 12.3. The lowest BCUT2D eigenvalue weighted by atomic mass is 9.91. The van der Waals surface area contributed by atoms with Crippen LogP contribution in [-0.2, 0) is 4.79 Å². The first-order valence-electron chi connectivity index (χ1n) is 7.58. The third-order valence-electron chi connectivity index (χ3n) is 3.94. The fourth-order valence-corrected chi connectivity index (χ4v) is 2.66. The Labute approximate surface area is 112 Å². The van der Waals surface area contributed by atoms with Crippen LogP contribution >= 0.6 is 0 Å². The molecule has 0 bridgehead atoms. The number of rotatable bonds is 7. The van der Waals surface area contributed by atoms with Gasteiger partial charge in [0.25, 0.3) is 0 Å². The van der Waals surface area contributed by atoms with E-state index in [-0.39, 0.29) is 5.91 Å². The largest absolute Gasteiger partial charge is 0.353 e. The van der Waals surface area contributed by atoms with Gasteiger partial charge < -0.3 is 10.6 Å². The third-order valence-corrected chi connectivity index (χ3v) is 3.94. The number of unbranched alkanes of at least 4 members (excludes halogenated alkanes) is 1. The average molecular weight is 254 g/mol. The van der Waals surface area contributed by atoms with Crippen LogP contribution in [-0.4, -0.2) is 25.0 Å². The van der Waals surface area contributed by atoms with Crippen molar-refractivity contribution in [2.75, 3.05) is 7.05 Å². The number of amides is 1. The summed E-state index contributed by atoms with van der Waals surface area (Å²) >= 11 is 0. The smallest absolute Gasteiger partial charge is 0.220 e. The number of hydrogen-bond donors (Lipinski definition) is 2. The van der Waals surface area contributed by atoms with Crippen molar-refractivity contribution in [2.24, 2.45) is 5.92 Å². The Morgan fingerprint density at radius 3 is 2.28 bits per heavy atom. The first-order valence-corrected chi connectivity index (χ1v) is 7.58. The van der Waals surface area contributed by atoms with E-state index in [0.29, 0.717) is 18.5 Å². The summed E-state index contributed by atoms with van der Waals surface area (Å²) in [7, 11) is 2.03. The SMILES string of the molecule is CNC1CCC(NC(=O)CCCCC(C)C)CC1. The number of hydrogen-bond acceptors (Lipinski definition) is 2. The van der Waals surface area contributed by atoms with Crippen LogP contribution in [0, 0.1) is 5.92 Å². The third kappa shape index (κ3) is 6.39. The highest BCUT2D eigenvalue weighted by Crippen LogP contribution is 2.18. The summed E-state index contributed by atoms with van der Waals surface area (Å²) in [6.45, 7) is 4.47. The summed E-state index contributed by atoms with van der Waals surface area (Å²) < 4.78 is 0. The summed E-state index contributed by atoms with van der Waals surface area (Å²) in [6.07, 6.45) is 8.79. The highest BCUT2D eigenvalue weighted by atomic mass is 16.1. The van der Waals surface area contributed by atoms with Gasteiger partial charge in [0, 0.05) is 18.5 Å². The highest BCUT2D eigenvalue weighted by molar-refractivity contribution is 5.76. The minimum absolute atomic E-state index is 0.256. The molecule has 0 aromatic rings. The van der Waals surface area contributed by atoms with Gasteiger partial charge in [-0.3, -0.25) is 4.79 Å². The Bertz CT molecular complexity index is 233. The van der Waals surface area contributed by atoms with Crippen LogP contribution in [0.4, 0.5) is 0 Å². The lowest BCUT2D eigenvalue weighted by molar-refractivity contribution is -0.122. The fourth-order valence-electron chi connectivity index (χ4n) is 2.66. The molecule has 0 aliphatic heterocycles. The van der Waals surface area contributed by atoms with Crippen molar-refractivity contribution < 1.29 is 4.79 Å². The van der Waals surface area contributed by atoms with E-state index in [0.717, 1.165) is 25.2 Å². The molecule has 2 N–H and O–H groups in total. The van der Waals surface area contributed by atoms with Crippen LogP contribution in [0.25, 0.3) is 0 Å². The first kappa shape index (κ1) is 15.5. The quantitative estimate of drug-likeness (QED) is 0.686. The lowest BCUT2D eigenvalue weighted by Crippen LogP contribution is -2.41. The van der Waals surface area contributed by atoms with E-state index in [1.807, 2.05) is 7.05 Å². The molecule has 106 valence electrons. The molecule has 1 aliphatic rings. The van der Waals surface area contributed by atoms with Gasteiger partial charge in [0.15, 0.2) is 0 Å². The molecule has 0 aromatic carbocycles. The Morgan fingerprint density at radius 1 is 1.11 bits per heavy atom. The van der Waals surface area contributed by atoms with Crippen molar-refractivity contribution in [1.82, 2.24) is 10.6 Å². The van der Waals surface area contributed by atoms with E-state index in [1.165, 1.54) is 25.7 Å². The summed E-state index contributed by atoms with van der Waals surface area (Å²) in [5.74, 6) is 1.01. The summed E-state index contributed by atoms with van der Waals surface area (Å²) in [5.41, 5.74) is 0. The molecule has 1 fully saturated rings. The maximum Gasteiger partial charge on any atom is 0.220 e. The maximum absolute atomic E-state index is 11.8. The molecule has 0 unspecified atom stereocenters. The normalized spacial score (nSPS) is 24.2. The van der Waals surface area contributed by atoms with Crippen molar-refractivity contribution in [3.63, 3.8) is 0 Å². The molecule has 0 heterocycles. The molecule has 0 spiro atoms. The van der Waals surface area contributed by atoms with Gasteiger partial charge in [-0.05, 0) is 45.1 Å². The van der Waals surface area contributed by atoms with E-state index < -0.39 is 0 Å². The molecule has 1 amide bonds. The number of carbonyl (C=O) groups is 1. The van der Waals surface area contributed by atoms with E-state index >= 15 is 0 Å². The van der Waals surface area contributed by atoms with Crippen LogP contribution in [0.5, 0.6) is 0 Å². The van der Waals surface area contributed by atoms with Crippen molar-refractivity contribution in [3.8, 4) is 0 Å². The average Bonchev–Trinajstić information content (AvgIpc) is 2.35. The summed E-state index contributed by atoms with van der Waals surface area (Å²) in [6, 6.07) is 1.08. The standard InChI is InChI=1S/C15H30N2O/c1-12(2)6-4-5-7-15(18)17-14-10-8-13(16-3)9-11-14/h12-14,16H,4-11H2,1-3H3,(H,17,18).